The molecule has 0 N–H and O–H groups in total. The molecule has 5 nitrogen and oxygen atoms in total. The number of halogens is 3. The molecule has 0 spiro atoms. The Balaban J connectivity index is 1.96. The first-order valence-corrected chi connectivity index (χ1v) is 9.77. The van der Waals surface area contributed by atoms with Crippen molar-refractivity contribution in [3.8, 4) is 0 Å². The number of alkyl halides is 3. The second-order valence-corrected chi connectivity index (χ2v) is 8.99. The summed E-state index contributed by atoms with van der Waals surface area (Å²) >= 11 is 0. The summed E-state index contributed by atoms with van der Waals surface area (Å²) in [5.41, 5.74) is -2.15. The number of hydrogen-bond donors (Lipinski definition) is 0. The van der Waals surface area contributed by atoms with E-state index in [1.165, 1.54) is 19.1 Å². The molecule has 1 heterocycles. The summed E-state index contributed by atoms with van der Waals surface area (Å²) < 4.78 is 64.2. The van der Waals surface area contributed by atoms with Crippen molar-refractivity contribution in [3.05, 3.63) is 46.1 Å². The Kier molecular flexibility index (Phi) is 4.33. The van der Waals surface area contributed by atoms with E-state index in [9.17, 15) is 26.4 Å². The predicted octanol–water partition coefficient (Wildman–Crippen LogP) is 3.54. The maximum Gasteiger partial charge on any atom is 0.417 e. The van der Waals surface area contributed by atoms with Crippen molar-refractivity contribution in [3.63, 3.8) is 0 Å². The molecule has 2 aliphatic rings. The molecule has 0 saturated heterocycles. The molecule has 1 aromatic carbocycles. The quantitative estimate of drug-likeness (QED) is 0.790. The molecule has 1 saturated carbocycles. The lowest BCUT2D eigenvalue weighted by molar-refractivity contribution is -0.138. The number of hydrogen-bond acceptors (Lipinski definition) is 4. The van der Waals surface area contributed by atoms with Crippen LogP contribution in [-0.2, 0) is 20.9 Å². The van der Waals surface area contributed by atoms with Crippen molar-refractivity contribution in [2.45, 2.75) is 32.9 Å². The average molecular weight is 389 g/mol. The van der Waals surface area contributed by atoms with Crippen LogP contribution in [0.3, 0.4) is 0 Å². The van der Waals surface area contributed by atoms with E-state index in [0.717, 1.165) is 12.1 Å². The zero-order valence-electron chi connectivity index (χ0n) is 14.3. The number of carbonyl (C=O) groups excluding carboxylic acids is 1. The van der Waals surface area contributed by atoms with Crippen LogP contribution < -0.4 is 0 Å². The highest BCUT2D eigenvalue weighted by Gasteiger charge is 2.51. The van der Waals surface area contributed by atoms with E-state index in [4.69, 9.17) is 4.84 Å². The van der Waals surface area contributed by atoms with Crippen LogP contribution in [0, 0.1) is 5.41 Å². The molecule has 0 unspecified atom stereocenters. The van der Waals surface area contributed by atoms with Gasteiger partial charge in [0, 0.05) is 5.41 Å². The normalized spacial score (nSPS) is 19.5. The predicted molar refractivity (Wildman–Crippen MR) is 87.4 cm³/mol. The van der Waals surface area contributed by atoms with Gasteiger partial charge in [0.15, 0.2) is 15.6 Å². The van der Waals surface area contributed by atoms with Crippen molar-refractivity contribution in [2.75, 3.05) is 12.3 Å². The van der Waals surface area contributed by atoms with Crippen LogP contribution in [-0.4, -0.2) is 31.7 Å². The van der Waals surface area contributed by atoms with Crippen molar-refractivity contribution in [1.29, 1.82) is 0 Å². The standard InChI is InChI=1S/C17H18F3NO4S/c1-3-26(23,24)13-10-21(25-14(13)16(2)8-9-16)15(22)11-6-4-5-7-12(11)17(18,19)20/h4-7H,3,8-10H2,1-2H3. The smallest absolute Gasteiger partial charge is 0.379 e. The highest BCUT2D eigenvalue weighted by Crippen LogP contribution is 2.55. The topological polar surface area (TPSA) is 63.7 Å². The van der Waals surface area contributed by atoms with Gasteiger partial charge >= 0.3 is 6.18 Å². The van der Waals surface area contributed by atoms with Gasteiger partial charge in [0.1, 0.15) is 4.91 Å². The number of carbonyl (C=O) groups is 1. The molecule has 1 aromatic rings. The Morgan fingerprint density at radius 1 is 1.27 bits per heavy atom. The van der Waals surface area contributed by atoms with Crippen LogP contribution in [0.25, 0.3) is 0 Å². The van der Waals surface area contributed by atoms with Crippen LogP contribution in [0.5, 0.6) is 0 Å². The number of amides is 1. The molecule has 1 fully saturated rings. The maximum atomic E-state index is 13.2. The Bertz CT molecular complexity index is 886. The van der Waals surface area contributed by atoms with Crippen LogP contribution in [0.2, 0.25) is 0 Å². The Morgan fingerprint density at radius 3 is 2.42 bits per heavy atom. The van der Waals surface area contributed by atoms with Gasteiger partial charge in [0.2, 0.25) is 0 Å². The fourth-order valence-corrected chi connectivity index (χ4v) is 4.06. The molecule has 26 heavy (non-hydrogen) atoms. The molecule has 142 valence electrons. The minimum absolute atomic E-state index is 0.0159. The molecule has 3 rings (SSSR count). The number of allylic oxidation sites excluding steroid dienone is 1. The monoisotopic (exact) mass is 389 g/mol. The molecule has 0 radical (unpaired) electrons. The van der Waals surface area contributed by atoms with E-state index in [-0.39, 0.29) is 23.0 Å². The largest absolute Gasteiger partial charge is 0.417 e. The zero-order valence-corrected chi connectivity index (χ0v) is 15.1. The Morgan fingerprint density at radius 2 is 1.88 bits per heavy atom. The Labute approximate surface area is 149 Å². The summed E-state index contributed by atoms with van der Waals surface area (Å²) in [6.45, 7) is 2.90. The van der Waals surface area contributed by atoms with Gasteiger partial charge in [-0.25, -0.2) is 8.42 Å². The van der Waals surface area contributed by atoms with E-state index in [2.05, 4.69) is 0 Å². The van der Waals surface area contributed by atoms with E-state index in [1.807, 2.05) is 6.92 Å². The van der Waals surface area contributed by atoms with Gasteiger partial charge in [-0.3, -0.25) is 4.79 Å². The van der Waals surface area contributed by atoms with E-state index < -0.39 is 38.5 Å². The molecule has 1 aliphatic carbocycles. The summed E-state index contributed by atoms with van der Waals surface area (Å²) in [5, 5.41) is 0.714. The fourth-order valence-electron chi connectivity index (χ4n) is 2.84. The fraction of sp³-hybridized carbons (Fsp3) is 0.471. The SMILES string of the molecule is CCS(=O)(=O)C1=C(C2(C)CC2)ON(C(=O)c2ccccc2C(F)(F)F)C1. The molecule has 0 bridgehead atoms. The van der Waals surface area contributed by atoms with Gasteiger partial charge in [0.25, 0.3) is 5.91 Å². The summed E-state index contributed by atoms with van der Waals surface area (Å²) in [6.07, 6.45) is -3.30. The van der Waals surface area contributed by atoms with E-state index >= 15 is 0 Å². The molecule has 1 aliphatic heterocycles. The summed E-state index contributed by atoms with van der Waals surface area (Å²) in [4.78, 5) is 18.1. The lowest BCUT2D eigenvalue weighted by atomic mass is 10.1. The third-order valence-electron chi connectivity index (χ3n) is 4.73. The van der Waals surface area contributed by atoms with Crippen molar-refractivity contribution in [2.24, 2.45) is 5.41 Å². The molecular weight excluding hydrogens is 371 g/mol. The summed E-state index contributed by atoms with van der Waals surface area (Å²) in [5.74, 6) is -1.01. The average Bonchev–Trinajstić information content (AvgIpc) is 3.16. The minimum Gasteiger partial charge on any atom is -0.379 e. The number of rotatable bonds is 4. The minimum atomic E-state index is -4.71. The van der Waals surface area contributed by atoms with Gasteiger partial charge in [-0.05, 0) is 25.0 Å². The van der Waals surface area contributed by atoms with Gasteiger partial charge in [-0.2, -0.15) is 18.2 Å². The molecule has 1 amide bonds. The lowest BCUT2D eigenvalue weighted by Gasteiger charge is -2.20. The van der Waals surface area contributed by atoms with Crippen molar-refractivity contribution in [1.82, 2.24) is 5.06 Å². The summed E-state index contributed by atoms with van der Waals surface area (Å²) in [7, 11) is -3.64. The summed E-state index contributed by atoms with van der Waals surface area (Å²) in [6, 6.07) is 4.37. The zero-order chi connectivity index (χ0) is 19.3. The third kappa shape index (κ3) is 3.20. The number of nitrogens with zero attached hydrogens (tertiary/aromatic N) is 1. The van der Waals surface area contributed by atoms with Gasteiger partial charge in [0.05, 0.1) is 23.4 Å². The van der Waals surface area contributed by atoms with E-state index in [0.29, 0.717) is 17.9 Å². The lowest BCUT2D eigenvalue weighted by Crippen LogP contribution is -2.31. The number of sulfone groups is 1. The number of hydroxylamine groups is 2. The molecule has 0 atom stereocenters. The molecular formula is C17H18F3NO4S. The van der Waals surface area contributed by atoms with Crippen molar-refractivity contribution < 1.29 is 31.2 Å². The van der Waals surface area contributed by atoms with Gasteiger partial charge in [-0.1, -0.05) is 26.0 Å². The van der Waals surface area contributed by atoms with Gasteiger partial charge in [-0.15, -0.1) is 0 Å². The highest BCUT2D eigenvalue weighted by atomic mass is 32.2. The van der Waals surface area contributed by atoms with E-state index in [1.54, 1.807) is 0 Å². The molecule has 9 heteroatoms. The first-order valence-electron chi connectivity index (χ1n) is 8.12. The Hall–Kier alpha value is -2.03. The van der Waals surface area contributed by atoms with Crippen molar-refractivity contribution >= 4 is 15.7 Å². The van der Waals surface area contributed by atoms with Crippen LogP contribution in [0.15, 0.2) is 34.9 Å². The highest BCUT2D eigenvalue weighted by molar-refractivity contribution is 7.95. The van der Waals surface area contributed by atoms with Gasteiger partial charge < -0.3 is 4.84 Å². The maximum absolute atomic E-state index is 13.2. The number of benzene rings is 1. The first-order chi connectivity index (χ1) is 12.0. The van der Waals surface area contributed by atoms with Crippen LogP contribution >= 0.6 is 0 Å². The van der Waals surface area contributed by atoms with Crippen LogP contribution in [0.4, 0.5) is 13.2 Å². The first kappa shape index (κ1) is 18.8. The van der Waals surface area contributed by atoms with Crippen LogP contribution in [0.1, 0.15) is 42.6 Å². The third-order valence-corrected chi connectivity index (χ3v) is 6.56. The second kappa shape index (κ2) is 6.00. The molecule has 0 aromatic heterocycles. The second-order valence-electron chi connectivity index (χ2n) is 6.69.